The molecule has 0 amide bonds. The van der Waals surface area contributed by atoms with Crippen LogP contribution in [0.2, 0.25) is 0 Å². The van der Waals surface area contributed by atoms with Gasteiger partial charge in [-0.25, -0.2) is 14.5 Å². The Morgan fingerprint density at radius 1 is 1.32 bits per heavy atom. The highest BCUT2D eigenvalue weighted by Gasteiger charge is 2.20. The van der Waals surface area contributed by atoms with E-state index < -0.39 is 5.97 Å². The number of rotatable bonds is 4. The average molecular weight is 404 g/mol. The van der Waals surface area contributed by atoms with E-state index in [0.29, 0.717) is 17.2 Å². The smallest absolute Gasteiger partial charge is 0.341 e. The summed E-state index contributed by atoms with van der Waals surface area (Å²) in [7, 11) is 0. The van der Waals surface area contributed by atoms with E-state index in [1.807, 2.05) is 45.0 Å². The van der Waals surface area contributed by atoms with Crippen molar-refractivity contribution in [3.63, 3.8) is 0 Å². The summed E-state index contributed by atoms with van der Waals surface area (Å²) in [5.41, 5.74) is 1.04. The second-order valence-electron chi connectivity index (χ2n) is 6.56. The van der Waals surface area contributed by atoms with Gasteiger partial charge in [0.05, 0.1) is 17.4 Å². The van der Waals surface area contributed by atoms with E-state index in [1.165, 1.54) is 6.20 Å². The summed E-state index contributed by atoms with van der Waals surface area (Å²) < 4.78 is 7.78. The zero-order chi connectivity index (χ0) is 18.0. The quantitative estimate of drug-likeness (QED) is 0.674. The van der Waals surface area contributed by atoms with Gasteiger partial charge in [0.2, 0.25) is 0 Å². The SMILES string of the molecule is CC(C)(C)c1n[nH]c(COC(=O)c2cnn(-c3ccccc3Br)c2)n1. The van der Waals surface area contributed by atoms with Gasteiger partial charge < -0.3 is 4.74 Å². The molecular formula is C17H18BrN5O2. The molecule has 0 radical (unpaired) electrons. The second-order valence-corrected chi connectivity index (χ2v) is 7.41. The summed E-state index contributed by atoms with van der Waals surface area (Å²) in [4.78, 5) is 16.5. The number of para-hydroxylation sites is 1. The van der Waals surface area contributed by atoms with Gasteiger partial charge in [-0.15, -0.1) is 0 Å². The number of hydrogen-bond donors (Lipinski definition) is 1. The van der Waals surface area contributed by atoms with E-state index in [9.17, 15) is 4.79 Å². The molecule has 25 heavy (non-hydrogen) atoms. The number of carbonyl (C=O) groups excluding carboxylic acids is 1. The van der Waals surface area contributed by atoms with Crippen molar-refractivity contribution in [2.45, 2.75) is 32.8 Å². The second kappa shape index (κ2) is 6.79. The monoisotopic (exact) mass is 403 g/mol. The van der Waals surface area contributed by atoms with E-state index in [-0.39, 0.29) is 12.0 Å². The molecule has 0 aliphatic carbocycles. The van der Waals surface area contributed by atoms with Crippen LogP contribution < -0.4 is 0 Å². The average Bonchev–Trinajstić information content (AvgIpc) is 3.22. The first-order valence-electron chi connectivity index (χ1n) is 7.73. The molecule has 0 unspecified atom stereocenters. The summed E-state index contributed by atoms with van der Waals surface area (Å²) in [6, 6.07) is 7.62. The van der Waals surface area contributed by atoms with Gasteiger partial charge >= 0.3 is 5.97 Å². The van der Waals surface area contributed by atoms with E-state index in [4.69, 9.17) is 4.74 Å². The highest BCUT2D eigenvalue weighted by Crippen LogP contribution is 2.20. The van der Waals surface area contributed by atoms with E-state index in [2.05, 4.69) is 36.2 Å². The minimum absolute atomic E-state index is 0.0299. The van der Waals surface area contributed by atoms with Crippen LogP contribution in [-0.4, -0.2) is 30.9 Å². The molecule has 0 atom stereocenters. The van der Waals surface area contributed by atoms with Crippen molar-refractivity contribution in [2.24, 2.45) is 0 Å². The lowest BCUT2D eigenvalue weighted by Gasteiger charge is -2.11. The number of nitrogens with one attached hydrogen (secondary N) is 1. The fourth-order valence-electron chi connectivity index (χ4n) is 2.11. The number of halogens is 1. The normalized spacial score (nSPS) is 11.5. The molecule has 3 aromatic rings. The molecule has 0 fully saturated rings. The minimum atomic E-state index is -0.466. The van der Waals surface area contributed by atoms with Crippen molar-refractivity contribution < 1.29 is 9.53 Å². The van der Waals surface area contributed by atoms with Gasteiger partial charge in [-0.1, -0.05) is 32.9 Å². The van der Waals surface area contributed by atoms with Crippen molar-refractivity contribution in [2.75, 3.05) is 0 Å². The summed E-state index contributed by atoms with van der Waals surface area (Å²) in [5.74, 6) is 0.726. The van der Waals surface area contributed by atoms with Crippen LogP contribution in [0.3, 0.4) is 0 Å². The number of carbonyl (C=O) groups is 1. The molecule has 0 bridgehead atoms. The highest BCUT2D eigenvalue weighted by molar-refractivity contribution is 9.10. The molecule has 0 aliphatic heterocycles. The third-order valence-corrected chi connectivity index (χ3v) is 4.13. The minimum Gasteiger partial charge on any atom is -0.454 e. The predicted octanol–water partition coefficient (Wildman–Crippen LogP) is 3.41. The topological polar surface area (TPSA) is 85.7 Å². The fourth-order valence-corrected chi connectivity index (χ4v) is 2.58. The molecule has 0 spiro atoms. The number of aromatic amines is 1. The van der Waals surface area contributed by atoms with Crippen LogP contribution in [0.1, 0.15) is 42.8 Å². The lowest BCUT2D eigenvalue weighted by molar-refractivity contribution is 0.0462. The third kappa shape index (κ3) is 3.96. The molecule has 7 nitrogen and oxygen atoms in total. The Hall–Kier alpha value is -2.48. The number of esters is 1. The Bertz CT molecular complexity index is 894. The molecule has 2 aromatic heterocycles. The van der Waals surface area contributed by atoms with Crippen LogP contribution in [0.15, 0.2) is 41.1 Å². The lowest BCUT2D eigenvalue weighted by atomic mass is 9.96. The van der Waals surface area contributed by atoms with Gasteiger partial charge in [0, 0.05) is 16.1 Å². The molecule has 0 aliphatic rings. The summed E-state index contributed by atoms with van der Waals surface area (Å²) >= 11 is 3.46. The number of hydrogen-bond acceptors (Lipinski definition) is 5. The maximum Gasteiger partial charge on any atom is 0.341 e. The molecule has 130 valence electrons. The number of ether oxygens (including phenoxy) is 1. The van der Waals surface area contributed by atoms with Crippen LogP contribution in [0.5, 0.6) is 0 Å². The van der Waals surface area contributed by atoms with E-state index >= 15 is 0 Å². The van der Waals surface area contributed by atoms with Gasteiger partial charge in [0.25, 0.3) is 0 Å². The number of nitrogens with zero attached hydrogens (tertiary/aromatic N) is 4. The number of aromatic nitrogens is 5. The molecule has 3 rings (SSSR count). The fraction of sp³-hybridized carbons (Fsp3) is 0.294. The summed E-state index contributed by atoms with van der Waals surface area (Å²) in [6.07, 6.45) is 3.10. The Morgan fingerprint density at radius 3 is 2.76 bits per heavy atom. The molecule has 8 heteroatoms. The summed E-state index contributed by atoms with van der Waals surface area (Å²) in [6.45, 7) is 6.08. The maximum absolute atomic E-state index is 12.2. The van der Waals surface area contributed by atoms with Crippen LogP contribution in [0, 0.1) is 0 Å². The van der Waals surface area contributed by atoms with Gasteiger partial charge in [0.1, 0.15) is 0 Å². The number of H-pyrrole nitrogens is 1. The van der Waals surface area contributed by atoms with Crippen molar-refractivity contribution >= 4 is 21.9 Å². The molecular weight excluding hydrogens is 386 g/mol. The van der Waals surface area contributed by atoms with Crippen LogP contribution in [-0.2, 0) is 16.8 Å². The van der Waals surface area contributed by atoms with Crippen molar-refractivity contribution in [3.05, 3.63) is 58.3 Å². The first-order valence-corrected chi connectivity index (χ1v) is 8.52. The van der Waals surface area contributed by atoms with Crippen LogP contribution >= 0.6 is 15.9 Å². The number of benzene rings is 1. The Balaban J connectivity index is 1.66. The molecule has 1 aromatic carbocycles. The van der Waals surface area contributed by atoms with Crippen LogP contribution in [0.4, 0.5) is 0 Å². The van der Waals surface area contributed by atoms with Gasteiger partial charge in [0.15, 0.2) is 18.3 Å². The first kappa shape index (κ1) is 17.3. The largest absolute Gasteiger partial charge is 0.454 e. The van der Waals surface area contributed by atoms with Crippen LogP contribution in [0.25, 0.3) is 5.69 Å². The lowest BCUT2D eigenvalue weighted by Crippen LogP contribution is -2.13. The zero-order valence-corrected chi connectivity index (χ0v) is 15.7. The van der Waals surface area contributed by atoms with Crippen molar-refractivity contribution in [1.82, 2.24) is 25.0 Å². The zero-order valence-electron chi connectivity index (χ0n) is 14.2. The third-order valence-electron chi connectivity index (χ3n) is 3.46. The predicted molar refractivity (Wildman–Crippen MR) is 95.5 cm³/mol. The maximum atomic E-state index is 12.2. The molecule has 2 heterocycles. The Kier molecular flexibility index (Phi) is 4.71. The van der Waals surface area contributed by atoms with E-state index in [1.54, 1.807) is 10.9 Å². The Labute approximate surface area is 153 Å². The standard InChI is InChI=1S/C17H18BrN5O2/c1-17(2,3)16-20-14(21-22-16)10-25-15(24)11-8-19-23(9-11)13-7-5-4-6-12(13)18/h4-9H,10H2,1-3H3,(H,20,21,22). The molecule has 1 N–H and O–H groups in total. The van der Waals surface area contributed by atoms with E-state index in [0.717, 1.165) is 10.2 Å². The molecule has 0 saturated heterocycles. The van der Waals surface area contributed by atoms with Gasteiger partial charge in [-0.3, -0.25) is 5.10 Å². The van der Waals surface area contributed by atoms with Gasteiger partial charge in [-0.05, 0) is 28.1 Å². The highest BCUT2D eigenvalue weighted by atomic mass is 79.9. The van der Waals surface area contributed by atoms with Crippen molar-refractivity contribution in [3.8, 4) is 5.69 Å². The van der Waals surface area contributed by atoms with Crippen molar-refractivity contribution in [1.29, 1.82) is 0 Å². The summed E-state index contributed by atoms with van der Waals surface area (Å²) in [5, 5.41) is 11.1. The molecule has 0 saturated carbocycles. The Morgan fingerprint density at radius 2 is 2.08 bits per heavy atom. The van der Waals surface area contributed by atoms with Gasteiger partial charge in [-0.2, -0.15) is 10.2 Å². The first-order chi connectivity index (χ1) is 11.8.